The van der Waals surface area contributed by atoms with Crippen LogP contribution in [0.4, 0.5) is 0 Å². The molecule has 0 aliphatic carbocycles. The summed E-state index contributed by atoms with van der Waals surface area (Å²) in [5, 5.41) is 0. The third-order valence-corrected chi connectivity index (χ3v) is 4.19. The van der Waals surface area contributed by atoms with E-state index in [1.54, 1.807) is 7.11 Å². The minimum absolute atomic E-state index is 0. The zero-order chi connectivity index (χ0) is 17.5. The molecule has 1 fully saturated rings. The summed E-state index contributed by atoms with van der Waals surface area (Å²) in [6.45, 7) is 4.16. The van der Waals surface area contributed by atoms with Gasteiger partial charge >= 0.3 is 0 Å². The first kappa shape index (κ1) is 22.0. The number of ether oxygens (including phenoxy) is 2. The van der Waals surface area contributed by atoms with E-state index in [1.807, 2.05) is 50.1 Å². The highest BCUT2D eigenvalue weighted by Gasteiger charge is 2.23. The van der Waals surface area contributed by atoms with Gasteiger partial charge in [-0.25, -0.2) is 0 Å². The second kappa shape index (κ2) is 10.8. The van der Waals surface area contributed by atoms with Gasteiger partial charge in [0.2, 0.25) is 0 Å². The molecule has 1 heterocycles. The molecule has 1 saturated heterocycles. The van der Waals surface area contributed by atoms with Crippen molar-refractivity contribution >= 4 is 29.9 Å². The number of nitrogens with zero attached hydrogens (tertiary/aromatic N) is 4. The Morgan fingerprint density at radius 1 is 1.12 bits per heavy atom. The molecule has 7 heteroatoms. The number of benzene rings is 1. The summed E-state index contributed by atoms with van der Waals surface area (Å²) in [5.74, 6) is 1.85. The van der Waals surface area contributed by atoms with E-state index in [0.29, 0.717) is 0 Å². The van der Waals surface area contributed by atoms with Crippen LogP contribution in [0.25, 0.3) is 0 Å². The summed E-state index contributed by atoms with van der Waals surface area (Å²) in [6, 6.07) is 8.56. The molecule has 6 nitrogen and oxygen atoms in total. The fraction of sp³-hybridized carbons (Fsp3) is 0.611. The van der Waals surface area contributed by atoms with E-state index >= 15 is 0 Å². The molecule has 0 spiro atoms. The third kappa shape index (κ3) is 6.31. The topological polar surface area (TPSA) is 40.5 Å². The number of halogens is 1. The summed E-state index contributed by atoms with van der Waals surface area (Å²) in [7, 11) is 9.79. The van der Waals surface area contributed by atoms with Crippen LogP contribution in [0, 0.1) is 0 Å². The lowest BCUT2D eigenvalue weighted by molar-refractivity contribution is 0.0179. The van der Waals surface area contributed by atoms with Crippen molar-refractivity contribution in [2.24, 2.45) is 4.99 Å². The molecule has 1 atom stereocenters. The van der Waals surface area contributed by atoms with Crippen molar-refractivity contribution in [1.82, 2.24) is 14.7 Å². The predicted octanol–water partition coefficient (Wildman–Crippen LogP) is 2.17. The molecule has 0 bridgehead atoms. The second-order valence-electron chi connectivity index (χ2n) is 6.37. The maximum atomic E-state index is 5.51. The number of morpholine rings is 1. The van der Waals surface area contributed by atoms with Gasteiger partial charge in [0.15, 0.2) is 5.96 Å². The number of rotatable bonds is 5. The number of guanidine groups is 1. The Morgan fingerprint density at radius 2 is 1.68 bits per heavy atom. The van der Waals surface area contributed by atoms with E-state index in [2.05, 4.69) is 17.0 Å². The number of aliphatic imine (C=N–C) groups is 1. The van der Waals surface area contributed by atoms with Crippen molar-refractivity contribution in [3.63, 3.8) is 0 Å². The van der Waals surface area contributed by atoms with Crippen LogP contribution in [0.1, 0.15) is 11.6 Å². The Kier molecular flexibility index (Phi) is 9.52. The predicted molar refractivity (Wildman–Crippen MR) is 113 cm³/mol. The summed E-state index contributed by atoms with van der Waals surface area (Å²) < 4.78 is 10.8. The standard InChI is InChI=1S/C18H30N4O2.HI/c1-20(2)18(21(3)4)19-14-17(22-10-12-24-13-11-22)15-6-8-16(23-5)9-7-15;/h6-9,17H,10-14H2,1-5H3;1H. The van der Waals surface area contributed by atoms with Crippen molar-refractivity contribution in [1.29, 1.82) is 0 Å². The van der Waals surface area contributed by atoms with Crippen LogP contribution >= 0.6 is 24.0 Å². The first-order valence-corrected chi connectivity index (χ1v) is 8.37. The smallest absolute Gasteiger partial charge is 0.195 e. The largest absolute Gasteiger partial charge is 0.497 e. The van der Waals surface area contributed by atoms with Crippen molar-refractivity contribution in [3.05, 3.63) is 29.8 Å². The van der Waals surface area contributed by atoms with Gasteiger partial charge in [0, 0.05) is 41.3 Å². The molecular weight excluding hydrogens is 431 g/mol. The quantitative estimate of drug-likeness (QED) is 0.381. The van der Waals surface area contributed by atoms with Crippen molar-refractivity contribution in [2.45, 2.75) is 6.04 Å². The van der Waals surface area contributed by atoms with Crippen LogP contribution in [-0.4, -0.2) is 88.8 Å². The molecule has 0 amide bonds. The maximum absolute atomic E-state index is 5.51. The SMILES string of the molecule is COc1ccc(C(CN=C(N(C)C)N(C)C)N2CCOCC2)cc1.I. The zero-order valence-electron chi connectivity index (χ0n) is 15.9. The number of hydrogen-bond donors (Lipinski definition) is 0. The average Bonchev–Trinajstić information content (AvgIpc) is 2.59. The van der Waals surface area contributed by atoms with Gasteiger partial charge in [-0.15, -0.1) is 24.0 Å². The molecule has 1 aliphatic heterocycles. The number of methoxy groups -OCH3 is 1. The molecule has 142 valence electrons. The van der Waals surface area contributed by atoms with Gasteiger partial charge < -0.3 is 19.3 Å². The van der Waals surface area contributed by atoms with E-state index < -0.39 is 0 Å². The first-order chi connectivity index (χ1) is 11.5. The first-order valence-electron chi connectivity index (χ1n) is 8.37. The Morgan fingerprint density at radius 3 is 2.16 bits per heavy atom. The van der Waals surface area contributed by atoms with Crippen molar-refractivity contribution in [3.8, 4) is 5.75 Å². The normalized spacial score (nSPS) is 15.7. The Bertz CT molecular complexity index is 518. The highest BCUT2D eigenvalue weighted by Crippen LogP contribution is 2.24. The van der Waals surface area contributed by atoms with Gasteiger partial charge in [0.1, 0.15) is 5.75 Å². The summed E-state index contributed by atoms with van der Waals surface area (Å²) in [5.41, 5.74) is 1.26. The van der Waals surface area contributed by atoms with Crippen LogP contribution in [-0.2, 0) is 4.74 Å². The molecule has 1 aliphatic rings. The van der Waals surface area contributed by atoms with Crippen LogP contribution < -0.4 is 4.74 Å². The molecule has 1 unspecified atom stereocenters. The molecular formula is C18H31IN4O2. The maximum Gasteiger partial charge on any atom is 0.195 e. The van der Waals surface area contributed by atoms with Crippen LogP contribution in [0.2, 0.25) is 0 Å². The highest BCUT2D eigenvalue weighted by molar-refractivity contribution is 14.0. The van der Waals surface area contributed by atoms with E-state index in [-0.39, 0.29) is 30.0 Å². The van der Waals surface area contributed by atoms with Crippen LogP contribution in [0.3, 0.4) is 0 Å². The molecule has 0 radical (unpaired) electrons. The zero-order valence-corrected chi connectivity index (χ0v) is 18.3. The fourth-order valence-corrected chi connectivity index (χ4v) is 3.00. The number of hydrogen-bond acceptors (Lipinski definition) is 4. The van der Waals surface area contributed by atoms with Gasteiger partial charge in [-0.1, -0.05) is 12.1 Å². The molecule has 0 N–H and O–H groups in total. The molecule has 1 aromatic rings. The Labute approximate surface area is 168 Å². The molecule has 2 rings (SSSR count). The summed E-state index contributed by atoms with van der Waals surface area (Å²) in [4.78, 5) is 11.4. The molecule has 0 saturated carbocycles. The lowest BCUT2D eigenvalue weighted by Gasteiger charge is -2.34. The lowest BCUT2D eigenvalue weighted by Crippen LogP contribution is -2.41. The summed E-state index contributed by atoms with van der Waals surface area (Å²) in [6.07, 6.45) is 0. The fourth-order valence-electron chi connectivity index (χ4n) is 3.00. The molecule has 25 heavy (non-hydrogen) atoms. The van der Waals surface area contributed by atoms with Crippen molar-refractivity contribution in [2.75, 3.05) is 68.1 Å². The minimum atomic E-state index is 0. The molecule has 1 aromatic carbocycles. The monoisotopic (exact) mass is 462 g/mol. The van der Waals surface area contributed by atoms with E-state index in [4.69, 9.17) is 14.5 Å². The third-order valence-electron chi connectivity index (χ3n) is 4.19. The van der Waals surface area contributed by atoms with E-state index in [0.717, 1.165) is 44.6 Å². The van der Waals surface area contributed by atoms with E-state index in [9.17, 15) is 0 Å². The van der Waals surface area contributed by atoms with Gasteiger partial charge in [0.25, 0.3) is 0 Å². The van der Waals surface area contributed by atoms with Gasteiger partial charge in [-0.2, -0.15) is 0 Å². The Hall–Kier alpha value is -1.06. The molecule has 0 aromatic heterocycles. The second-order valence-corrected chi connectivity index (χ2v) is 6.37. The summed E-state index contributed by atoms with van der Waals surface area (Å²) >= 11 is 0. The van der Waals surface area contributed by atoms with Crippen LogP contribution in [0.5, 0.6) is 5.75 Å². The van der Waals surface area contributed by atoms with Crippen molar-refractivity contribution < 1.29 is 9.47 Å². The average molecular weight is 462 g/mol. The van der Waals surface area contributed by atoms with Gasteiger partial charge in [0.05, 0.1) is 32.9 Å². The van der Waals surface area contributed by atoms with E-state index in [1.165, 1.54) is 5.56 Å². The van der Waals surface area contributed by atoms with Gasteiger partial charge in [-0.3, -0.25) is 9.89 Å². The minimum Gasteiger partial charge on any atom is -0.497 e. The lowest BCUT2D eigenvalue weighted by atomic mass is 10.0. The van der Waals surface area contributed by atoms with Gasteiger partial charge in [-0.05, 0) is 17.7 Å². The Balaban J connectivity index is 0.00000312. The van der Waals surface area contributed by atoms with Crippen LogP contribution in [0.15, 0.2) is 29.3 Å². The highest BCUT2D eigenvalue weighted by atomic mass is 127.